The van der Waals surface area contributed by atoms with Gasteiger partial charge in [-0.05, 0) is 139 Å². The smallest absolute Gasteiger partial charge is 0.335 e. The molecule has 9 heteroatoms. The fraction of sp³-hybridized carbons (Fsp3) is 0.674. The van der Waals surface area contributed by atoms with Crippen molar-refractivity contribution in [3.63, 3.8) is 0 Å². The van der Waals surface area contributed by atoms with Crippen molar-refractivity contribution in [1.29, 1.82) is 0 Å². The van der Waals surface area contributed by atoms with Gasteiger partial charge < -0.3 is 25.7 Å². The van der Waals surface area contributed by atoms with Gasteiger partial charge in [0.15, 0.2) is 0 Å². The Labute approximate surface area is 309 Å². The normalized spacial score (nSPS) is 40.5. The predicted molar refractivity (Wildman–Crippen MR) is 200 cm³/mol. The maximum Gasteiger partial charge on any atom is 0.335 e. The number of aromatic carboxylic acids is 1. The summed E-state index contributed by atoms with van der Waals surface area (Å²) in [4.78, 5) is 51.7. The van der Waals surface area contributed by atoms with Crippen LogP contribution in [-0.4, -0.2) is 63.7 Å². The van der Waals surface area contributed by atoms with Gasteiger partial charge in [0.1, 0.15) is 6.04 Å². The minimum absolute atomic E-state index is 0.0663. The molecule has 10 atom stereocenters. The largest absolute Gasteiger partial charge is 0.481 e. The van der Waals surface area contributed by atoms with Crippen LogP contribution in [0, 0.1) is 51.2 Å². The van der Waals surface area contributed by atoms with E-state index in [0.717, 1.165) is 63.4 Å². The van der Waals surface area contributed by atoms with Crippen molar-refractivity contribution in [2.45, 2.75) is 117 Å². The minimum atomic E-state index is -1.09. The van der Waals surface area contributed by atoms with Gasteiger partial charge in [-0.1, -0.05) is 65.0 Å². The molecule has 0 spiro atoms. The van der Waals surface area contributed by atoms with E-state index in [-0.39, 0.29) is 33.6 Å². The van der Waals surface area contributed by atoms with Crippen molar-refractivity contribution < 1.29 is 29.4 Å². The average Bonchev–Trinajstić information content (AvgIpc) is 3.45. The van der Waals surface area contributed by atoms with Crippen LogP contribution in [0.25, 0.3) is 5.57 Å². The number of fused-ring (bicyclic) bond motifs is 7. The number of piperazine rings is 1. The summed E-state index contributed by atoms with van der Waals surface area (Å²) in [6.45, 7) is 19.8. The Hall–Kier alpha value is -3.62. The third-order valence-electron chi connectivity index (χ3n) is 16.4. The van der Waals surface area contributed by atoms with Crippen LogP contribution in [0.2, 0.25) is 0 Å². The molecule has 4 N–H and O–H groups in total. The zero-order valence-corrected chi connectivity index (χ0v) is 32.0. The van der Waals surface area contributed by atoms with Crippen molar-refractivity contribution >= 4 is 29.5 Å². The molecule has 3 amide bonds. The number of benzene rings is 1. The molecule has 0 aromatic heterocycles. The summed E-state index contributed by atoms with van der Waals surface area (Å²) in [6.07, 6.45) is 11.3. The first-order chi connectivity index (χ1) is 24.4. The molecule has 0 bridgehead atoms. The summed E-state index contributed by atoms with van der Waals surface area (Å²) >= 11 is 0. The maximum atomic E-state index is 14.2. The summed E-state index contributed by atoms with van der Waals surface area (Å²) in [5.74, 6) is -0.429. The molecule has 9 nitrogen and oxygen atoms in total. The van der Waals surface area contributed by atoms with Crippen LogP contribution < -0.4 is 10.6 Å². The van der Waals surface area contributed by atoms with Crippen LogP contribution >= 0.6 is 0 Å². The van der Waals surface area contributed by atoms with E-state index in [4.69, 9.17) is 0 Å². The van der Waals surface area contributed by atoms with Gasteiger partial charge in [0.2, 0.25) is 5.91 Å². The summed E-state index contributed by atoms with van der Waals surface area (Å²) in [5.41, 5.74) is 3.77. The molecule has 1 aromatic carbocycles. The zero-order valence-electron chi connectivity index (χ0n) is 32.0. The standard InChI is InChI=1S/C43H59N3O6/c1-25(2)28-14-19-43(45-38(52)46-23-22-44-36(49)31(46)24-34(47)48)21-20-41(6)30(35(28)43)12-13-33-40(5)17-15-29(26-8-10-27(11-9-26)37(50)51)39(3,4)32(40)16-18-42(33,41)7/h8-11,15,28,30-33,35H,1,12-14,16-24H2,2-7H3,(H,44,49)(H,45,52)(H,47,48)(H,50,51)/t28-,30+,31?,32-,33+,35+,40-,41+,42+,43-/m0/s1. The van der Waals surface area contributed by atoms with Gasteiger partial charge in [0, 0.05) is 18.6 Å². The van der Waals surface area contributed by atoms with Crippen molar-refractivity contribution in [3.8, 4) is 0 Å². The Morgan fingerprint density at radius 1 is 0.923 bits per heavy atom. The Kier molecular flexibility index (Phi) is 8.81. The highest BCUT2D eigenvalue weighted by Gasteiger charge is 2.70. The number of allylic oxidation sites excluding steroid dienone is 3. The number of hydrogen-bond acceptors (Lipinski definition) is 4. The van der Waals surface area contributed by atoms with Crippen LogP contribution in [-0.2, 0) is 9.59 Å². The molecule has 1 heterocycles. The lowest BCUT2D eigenvalue weighted by atomic mass is 9.33. The second-order valence-electron chi connectivity index (χ2n) is 18.8. The van der Waals surface area contributed by atoms with E-state index in [1.165, 1.54) is 16.0 Å². The summed E-state index contributed by atoms with van der Waals surface area (Å²) < 4.78 is 0. The van der Waals surface area contributed by atoms with Gasteiger partial charge in [0.25, 0.3) is 0 Å². The molecule has 0 radical (unpaired) electrons. The summed E-state index contributed by atoms with van der Waals surface area (Å²) in [6, 6.07) is 6.10. The average molecular weight is 714 g/mol. The van der Waals surface area contributed by atoms with Crippen LogP contribution in [0.15, 0.2) is 42.5 Å². The molecule has 6 aliphatic rings. The molecule has 282 valence electrons. The number of carbonyl (C=O) groups is 4. The molecular formula is C43H59N3O6. The fourth-order valence-corrected chi connectivity index (χ4v) is 13.9. The quantitative estimate of drug-likeness (QED) is 0.223. The van der Waals surface area contributed by atoms with Gasteiger partial charge in [-0.3, -0.25) is 9.59 Å². The number of hydrogen-bond donors (Lipinski definition) is 4. The number of carbonyl (C=O) groups excluding carboxylic acids is 2. The SMILES string of the molecule is C=C(C)[C@@H]1CC[C@]2(NC(=O)N3CCNC(=O)C3CC(=O)O)CC[C@]3(C)[C@H](CC[C@@H]4[C@@]5(C)CC=C(c6ccc(C(=O)O)cc6)C(C)(C)[C@@H]5CC[C@]43C)[C@@H]12. The van der Waals surface area contributed by atoms with E-state index >= 15 is 0 Å². The summed E-state index contributed by atoms with van der Waals surface area (Å²) in [5, 5.41) is 25.3. The zero-order chi connectivity index (χ0) is 37.6. The Balaban J connectivity index is 1.19. The molecule has 1 unspecified atom stereocenters. The molecule has 1 aromatic rings. The molecule has 52 heavy (non-hydrogen) atoms. The highest BCUT2D eigenvalue weighted by molar-refractivity contribution is 5.91. The van der Waals surface area contributed by atoms with Crippen LogP contribution in [0.5, 0.6) is 0 Å². The molecule has 4 saturated carbocycles. The van der Waals surface area contributed by atoms with E-state index in [1.54, 1.807) is 12.1 Å². The number of nitrogens with zero attached hydrogens (tertiary/aromatic N) is 1. The Bertz CT molecular complexity index is 1720. The van der Waals surface area contributed by atoms with Crippen LogP contribution in [0.3, 0.4) is 0 Å². The van der Waals surface area contributed by atoms with Gasteiger partial charge in [0.05, 0.1) is 12.0 Å². The number of amides is 3. The lowest BCUT2D eigenvalue weighted by molar-refractivity contribution is -0.218. The molecule has 7 rings (SSSR count). The highest BCUT2D eigenvalue weighted by Crippen LogP contribution is 2.76. The second-order valence-corrected chi connectivity index (χ2v) is 18.8. The number of carboxylic acid groups (broad SMARTS) is 2. The van der Waals surface area contributed by atoms with Crippen molar-refractivity contribution in [2.24, 2.45) is 51.2 Å². The molecule has 1 saturated heterocycles. The van der Waals surface area contributed by atoms with Crippen molar-refractivity contribution in [2.75, 3.05) is 13.1 Å². The van der Waals surface area contributed by atoms with Gasteiger partial charge in [-0.2, -0.15) is 0 Å². The minimum Gasteiger partial charge on any atom is -0.481 e. The predicted octanol–water partition coefficient (Wildman–Crippen LogP) is 7.77. The summed E-state index contributed by atoms with van der Waals surface area (Å²) in [7, 11) is 0. The van der Waals surface area contributed by atoms with Crippen LogP contribution in [0.4, 0.5) is 4.79 Å². The van der Waals surface area contributed by atoms with Gasteiger partial charge in [-0.15, -0.1) is 0 Å². The number of rotatable bonds is 6. The maximum absolute atomic E-state index is 14.2. The van der Waals surface area contributed by atoms with Crippen molar-refractivity contribution in [1.82, 2.24) is 15.5 Å². The topological polar surface area (TPSA) is 136 Å². The van der Waals surface area contributed by atoms with Gasteiger partial charge in [-0.25, -0.2) is 9.59 Å². The number of urea groups is 1. The first-order valence-corrected chi connectivity index (χ1v) is 19.7. The second kappa shape index (κ2) is 12.5. The fourth-order valence-electron chi connectivity index (χ4n) is 13.9. The Morgan fingerprint density at radius 3 is 2.29 bits per heavy atom. The third-order valence-corrected chi connectivity index (χ3v) is 16.4. The Morgan fingerprint density at radius 2 is 1.63 bits per heavy atom. The highest BCUT2D eigenvalue weighted by atomic mass is 16.4. The van der Waals surface area contributed by atoms with E-state index in [1.807, 2.05) is 12.1 Å². The molecule has 1 aliphatic heterocycles. The lowest BCUT2D eigenvalue weighted by Gasteiger charge is -2.72. The molecular weight excluding hydrogens is 654 g/mol. The van der Waals surface area contributed by atoms with E-state index in [9.17, 15) is 29.4 Å². The third kappa shape index (κ3) is 5.29. The number of nitrogens with one attached hydrogen (secondary N) is 2. The first kappa shape index (κ1) is 36.7. The van der Waals surface area contributed by atoms with E-state index in [0.29, 0.717) is 42.3 Å². The monoisotopic (exact) mass is 713 g/mol. The molecule has 5 fully saturated rings. The van der Waals surface area contributed by atoms with Crippen molar-refractivity contribution in [3.05, 3.63) is 53.6 Å². The van der Waals surface area contributed by atoms with E-state index < -0.39 is 35.8 Å². The first-order valence-electron chi connectivity index (χ1n) is 19.7. The molecule has 5 aliphatic carbocycles. The van der Waals surface area contributed by atoms with Gasteiger partial charge >= 0.3 is 18.0 Å². The van der Waals surface area contributed by atoms with Crippen LogP contribution in [0.1, 0.15) is 122 Å². The van der Waals surface area contributed by atoms with E-state index in [2.05, 4.69) is 64.8 Å². The number of aliphatic carboxylic acids is 1. The number of carboxylic acids is 2. The lowest BCUT2D eigenvalue weighted by Crippen LogP contribution is -2.69.